The van der Waals surface area contributed by atoms with Gasteiger partial charge in [-0.25, -0.2) is 0 Å². The van der Waals surface area contributed by atoms with Crippen LogP contribution in [-0.4, -0.2) is 13.1 Å². The standard InChI is InChI=1S/C14H24N2/c1-13(2,6-3-9-15)10-16-11-14(7-8-14)12-4-5-12/h12,16H,3-8,10-11H2,1-2H3. The average molecular weight is 220 g/mol. The maximum Gasteiger partial charge on any atom is 0.0621 e. The molecular formula is C14H24N2. The molecule has 2 fully saturated rings. The van der Waals surface area contributed by atoms with E-state index >= 15 is 0 Å². The first kappa shape index (κ1) is 11.9. The lowest BCUT2D eigenvalue weighted by Crippen LogP contribution is -2.34. The van der Waals surface area contributed by atoms with Crippen LogP contribution >= 0.6 is 0 Å². The minimum Gasteiger partial charge on any atom is -0.316 e. The van der Waals surface area contributed by atoms with E-state index in [0.29, 0.717) is 11.8 Å². The Balaban J connectivity index is 1.65. The molecule has 2 aliphatic carbocycles. The van der Waals surface area contributed by atoms with E-state index in [-0.39, 0.29) is 5.41 Å². The fourth-order valence-corrected chi connectivity index (χ4v) is 2.72. The molecule has 2 saturated carbocycles. The highest BCUT2D eigenvalue weighted by molar-refractivity contribution is 5.05. The number of rotatable bonds is 7. The molecule has 2 heteroatoms. The Hall–Kier alpha value is -0.550. The van der Waals surface area contributed by atoms with Gasteiger partial charge in [0.2, 0.25) is 0 Å². The van der Waals surface area contributed by atoms with Gasteiger partial charge in [0.1, 0.15) is 0 Å². The van der Waals surface area contributed by atoms with Crippen LogP contribution in [0.25, 0.3) is 0 Å². The second kappa shape index (κ2) is 4.37. The van der Waals surface area contributed by atoms with Crippen LogP contribution < -0.4 is 5.32 Å². The first-order valence-electron chi connectivity index (χ1n) is 6.66. The maximum absolute atomic E-state index is 8.60. The summed E-state index contributed by atoms with van der Waals surface area (Å²) in [6, 6.07) is 2.24. The van der Waals surface area contributed by atoms with E-state index in [2.05, 4.69) is 25.2 Å². The van der Waals surface area contributed by atoms with Crippen molar-refractivity contribution in [3.63, 3.8) is 0 Å². The summed E-state index contributed by atoms with van der Waals surface area (Å²) in [6.07, 6.45) is 7.53. The fraction of sp³-hybridized carbons (Fsp3) is 0.929. The van der Waals surface area contributed by atoms with Crippen LogP contribution in [0.2, 0.25) is 0 Å². The number of hydrogen-bond acceptors (Lipinski definition) is 2. The van der Waals surface area contributed by atoms with Gasteiger partial charge in [-0.1, -0.05) is 13.8 Å². The van der Waals surface area contributed by atoms with E-state index in [0.717, 1.165) is 18.9 Å². The van der Waals surface area contributed by atoms with E-state index < -0.39 is 0 Å². The summed E-state index contributed by atoms with van der Waals surface area (Å²) >= 11 is 0. The lowest BCUT2D eigenvalue weighted by Gasteiger charge is -2.25. The molecule has 0 aromatic rings. The molecule has 0 aromatic heterocycles. The molecule has 2 nitrogen and oxygen atoms in total. The molecule has 0 atom stereocenters. The fourth-order valence-electron chi connectivity index (χ4n) is 2.72. The Labute approximate surface area is 99.4 Å². The van der Waals surface area contributed by atoms with E-state index in [1.807, 2.05) is 0 Å². The SMILES string of the molecule is CC(C)(CCC#N)CNCC1(C2CC2)CC1. The second-order valence-electron chi connectivity index (χ2n) is 6.56. The van der Waals surface area contributed by atoms with Crippen LogP contribution in [0.5, 0.6) is 0 Å². The van der Waals surface area contributed by atoms with Crippen LogP contribution in [-0.2, 0) is 0 Å². The van der Waals surface area contributed by atoms with Crippen molar-refractivity contribution in [1.29, 1.82) is 5.26 Å². The summed E-state index contributed by atoms with van der Waals surface area (Å²) < 4.78 is 0. The van der Waals surface area contributed by atoms with Gasteiger partial charge in [0.25, 0.3) is 0 Å². The van der Waals surface area contributed by atoms with Crippen molar-refractivity contribution in [1.82, 2.24) is 5.32 Å². The summed E-state index contributed by atoms with van der Waals surface area (Å²) in [6.45, 7) is 6.79. The number of nitrogens with one attached hydrogen (secondary N) is 1. The first-order chi connectivity index (χ1) is 7.58. The predicted octanol–water partition coefficient (Wildman–Crippen LogP) is 3.10. The molecule has 2 rings (SSSR count). The molecule has 0 amide bonds. The van der Waals surface area contributed by atoms with Gasteiger partial charge in [0.05, 0.1) is 6.07 Å². The Morgan fingerprint density at radius 3 is 2.56 bits per heavy atom. The van der Waals surface area contributed by atoms with Gasteiger partial charge >= 0.3 is 0 Å². The average Bonchev–Trinajstić information content (AvgIpc) is 3.05. The molecule has 1 N–H and O–H groups in total. The normalized spacial score (nSPS) is 22.8. The molecule has 0 saturated heterocycles. The zero-order valence-corrected chi connectivity index (χ0v) is 10.7. The van der Waals surface area contributed by atoms with Crippen LogP contribution in [0, 0.1) is 28.1 Å². The Morgan fingerprint density at radius 1 is 1.38 bits per heavy atom. The molecule has 90 valence electrons. The summed E-state index contributed by atoms with van der Waals surface area (Å²) in [5.41, 5.74) is 0.973. The topological polar surface area (TPSA) is 35.8 Å². The third kappa shape index (κ3) is 2.98. The van der Waals surface area contributed by atoms with Crippen molar-refractivity contribution < 1.29 is 0 Å². The third-order valence-electron chi connectivity index (χ3n) is 4.33. The van der Waals surface area contributed by atoms with Crippen molar-refractivity contribution in [3.8, 4) is 6.07 Å². The highest BCUT2D eigenvalue weighted by Crippen LogP contribution is 2.60. The molecule has 0 bridgehead atoms. The van der Waals surface area contributed by atoms with E-state index in [4.69, 9.17) is 5.26 Å². The van der Waals surface area contributed by atoms with Crippen molar-refractivity contribution in [2.45, 2.75) is 52.4 Å². The van der Waals surface area contributed by atoms with E-state index in [1.165, 1.54) is 32.2 Å². The largest absolute Gasteiger partial charge is 0.316 e. The van der Waals surface area contributed by atoms with Gasteiger partial charge in [-0.15, -0.1) is 0 Å². The Morgan fingerprint density at radius 2 is 2.06 bits per heavy atom. The van der Waals surface area contributed by atoms with Crippen LogP contribution in [0.1, 0.15) is 52.4 Å². The van der Waals surface area contributed by atoms with Crippen molar-refractivity contribution in [2.75, 3.05) is 13.1 Å². The predicted molar refractivity (Wildman–Crippen MR) is 65.9 cm³/mol. The molecule has 0 radical (unpaired) electrons. The first-order valence-corrected chi connectivity index (χ1v) is 6.66. The minimum atomic E-state index is 0.273. The van der Waals surface area contributed by atoms with Gasteiger partial charge in [-0.2, -0.15) is 5.26 Å². The van der Waals surface area contributed by atoms with E-state index in [1.54, 1.807) is 0 Å². The maximum atomic E-state index is 8.60. The lowest BCUT2D eigenvalue weighted by atomic mass is 9.87. The number of nitrogens with zero attached hydrogens (tertiary/aromatic N) is 1. The molecular weight excluding hydrogens is 196 g/mol. The molecule has 0 unspecified atom stereocenters. The summed E-state index contributed by atoms with van der Waals surface area (Å²) in [7, 11) is 0. The molecule has 0 aliphatic heterocycles. The second-order valence-corrected chi connectivity index (χ2v) is 6.56. The Kier molecular flexibility index (Phi) is 3.26. The third-order valence-corrected chi connectivity index (χ3v) is 4.33. The Bertz CT molecular complexity index is 280. The molecule has 0 heterocycles. The highest BCUT2D eigenvalue weighted by atomic mass is 14.9. The minimum absolute atomic E-state index is 0.273. The molecule has 0 aromatic carbocycles. The van der Waals surface area contributed by atoms with Crippen LogP contribution in [0.3, 0.4) is 0 Å². The highest BCUT2D eigenvalue weighted by Gasteiger charge is 2.53. The van der Waals surface area contributed by atoms with Gasteiger partial charge in [-0.3, -0.25) is 0 Å². The molecule has 16 heavy (non-hydrogen) atoms. The van der Waals surface area contributed by atoms with Crippen molar-refractivity contribution in [3.05, 3.63) is 0 Å². The van der Waals surface area contributed by atoms with Crippen molar-refractivity contribution >= 4 is 0 Å². The summed E-state index contributed by atoms with van der Waals surface area (Å²) in [5.74, 6) is 1.04. The zero-order chi connectivity index (χ0) is 11.6. The van der Waals surface area contributed by atoms with Gasteiger partial charge in [-0.05, 0) is 48.9 Å². The van der Waals surface area contributed by atoms with Crippen molar-refractivity contribution in [2.24, 2.45) is 16.7 Å². The van der Waals surface area contributed by atoms with E-state index in [9.17, 15) is 0 Å². The summed E-state index contributed by atoms with van der Waals surface area (Å²) in [5, 5.41) is 12.3. The number of hydrogen-bond donors (Lipinski definition) is 1. The van der Waals surface area contributed by atoms with Gasteiger partial charge in [0.15, 0.2) is 0 Å². The smallest absolute Gasteiger partial charge is 0.0621 e. The number of nitriles is 1. The van der Waals surface area contributed by atoms with Crippen LogP contribution in [0.15, 0.2) is 0 Å². The quantitative estimate of drug-likeness (QED) is 0.715. The molecule has 2 aliphatic rings. The van der Waals surface area contributed by atoms with Crippen LogP contribution in [0.4, 0.5) is 0 Å². The van der Waals surface area contributed by atoms with Gasteiger partial charge in [0, 0.05) is 19.5 Å². The zero-order valence-electron chi connectivity index (χ0n) is 10.7. The summed E-state index contributed by atoms with van der Waals surface area (Å²) in [4.78, 5) is 0. The lowest BCUT2D eigenvalue weighted by molar-refractivity contribution is 0.294. The monoisotopic (exact) mass is 220 g/mol. The van der Waals surface area contributed by atoms with Gasteiger partial charge < -0.3 is 5.32 Å². The molecule has 0 spiro atoms.